The molecule has 2 aliphatic rings. The monoisotopic (exact) mass is 362 g/mol. The van der Waals surface area contributed by atoms with Gasteiger partial charge in [0.1, 0.15) is 5.75 Å². The molecule has 0 aromatic heterocycles. The van der Waals surface area contributed by atoms with E-state index < -0.39 is 0 Å². The lowest BCUT2D eigenvalue weighted by Gasteiger charge is -2.34. The molecule has 1 heterocycles. The first-order valence-corrected chi connectivity index (χ1v) is 10.5. The molecule has 1 saturated carbocycles. The van der Waals surface area contributed by atoms with Crippen LogP contribution >= 0.6 is 0 Å². The number of benzene rings is 2. The number of hydrogen-bond acceptors (Lipinski definition) is 2. The molecular weight excluding hydrogens is 330 g/mol. The van der Waals surface area contributed by atoms with E-state index in [1.807, 2.05) is 0 Å². The minimum atomic E-state index is 0.532. The lowest BCUT2D eigenvalue weighted by Crippen LogP contribution is -2.34. The molecule has 4 rings (SSSR count). The highest BCUT2D eigenvalue weighted by Gasteiger charge is 2.27. The van der Waals surface area contributed by atoms with Crippen LogP contribution in [0.5, 0.6) is 5.75 Å². The lowest BCUT2D eigenvalue weighted by molar-refractivity contribution is 0.228. The van der Waals surface area contributed by atoms with Gasteiger partial charge in [0.25, 0.3) is 0 Å². The number of ether oxygens (including phenoxy) is 1. The summed E-state index contributed by atoms with van der Waals surface area (Å²) in [6, 6.07) is 15.9. The fourth-order valence-corrected chi connectivity index (χ4v) is 4.49. The molecule has 1 atom stereocenters. The summed E-state index contributed by atoms with van der Waals surface area (Å²) >= 11 is 0. The molecule has 2 nitrogen and oxygen atoms in total. The van der Waals surface area contributed by atoms with Crippen molar-refractivity contribution in [2.24, 2.45) is 0 Å². The van der Waals surface area contributed by atoms with Crippen LogP contribution in [0.15, 0.2) is 42.5 Å². The molecule has 2 aromatic carbocycles. The minimum absolute atomic E-state index is 0.532. The maximum Gasteiger partial charge on any atom is 0.122 e. The van der Waals surface area contributed by atoms with Crippen molar-refractivity contribution in [1.82, 2.24) is 4.90 Å². The third-order valence-electron chi connectivity index (χ3n) is 6.09. The number of nitrogens with zero attached hydrogens (tertiary/aromatic N) is 1. The second kappa shape index (κ2) is 8.06. The molecule has 0 bridgehead atoms. The van der Waals surface area contributed by atoms with Crippen molar-refractivity contribution >= 4 is 0 Å². The fourth-order valence-electron chi connectivity index (χ4n) is 4.49. The van der Waals surface area contributed by atoms with E-state index in [4.69, 9.17) is 4.74 Å². The molecule has 27 heavy (non-hydrogen) atoms. The summed E-state index contributed by atoms with van der Waals surface area (Å²) in [7, 11) is 1.81. The van der Waals surface area contributed by atoms with E-state index >= 15 is 0 Å². The van der Waals surface area contributed by atoms with Crippen molar-refractivity contribution < 1.29 is 4.74 Å². The number of hydrogen-bond donors (Lipinski definition) is 0. The zero-order valence-electron chi connectivity index (χ0n) is 16.9. The van der Waals surface area contributed by atoms with Gasteiger partial charge in [-0.05, 0) is 72.4 Å². The van der Waals surface area contributed by atoms with Crippen molar-refractivity contribution in [3.8, 4) is 5.75 Å². The maximum atomic E-state index is 5.68. The van der Waals surface area contributed by atoms with Gasteiger partial charge in [-0.2, -0.15) is 0 Å². The first kappa shape index (κ1) is 18.6. The Morgan fingerprint density at radius 1 is 1.07 bits per heavy atom. The molecule has 2 heteroatoms. The Balaban J connectivity index is 1.48. The Labute approximate surface area is 164 Å². The number of piperidine rings is 1. The zero-order chi connectivity index (χ0) is 18.8. The Morgan fingerprint density at radius 3 is 2.63 bits per heavy atom. The standard InChI is InChI=1S/C25H32NO/c1-18(2)22-8-4-5-9-23(22)21-7-6-14-26(17-21)16-19-10-13-24(20-11-12-20)25(15-19)27-3/h4-5,7-10,13,15,18,20-21H,6,11-12,14,16-17H2,1-3H3. The summed E-state index contributed by atoms with van der Waals surface area (Å²) in [5, 5.41) is 0. The van der Waals surface area contributed by atoms with Crippen molar-refractivity contribution in [2.75, 3.05) is 20.2 Å². The zero-order valence-corrected chi connectivity index (χ0v) is 16.9. The number of methoxy groups -OCH3 is 1. The van der Waals surface area contributed by atoms with E-state index in [0.29, 0.717) is 11.8 Å². The van der Waals surface area contributed by atoms with Crippen LogP contribution in [0.2, 0.25) is 0 Å². The van der Waals surface area contributed by atoms with Crippen LogP contribution in [0, 0.1) is 6.42 Å². The normalized spacial score (nSPS) is 20.8. The molecule has 1 unspecified atom stereocenters. The topological polar surface area (TPSA) is 12.5 Å². The minimum Gasteiger partial charge on any atom is -0.496 e. The molecule has 2 fully saturated rings. The smallest absolute Gasteiger partial charge is 0.122 e. The molecule has 1 saturated heterocycles. The fraction of sp³-hybridized carbons (Fsp3) is 0.480. The first-order valence-electron chi connectivity index (χ1n) is 10.5. The summed E-state index contributed by atoms with van der Waals surface area (Å²) in [6.07, 6.45) is 6.31. The average molecular weight is 363 g/mol. The van der Waals surface area contributed by atoms with Crippen LogP contribution < -0.4 is 4.74 Å². The predicted molar refractivity (Wildman–Crippen MR) is 112 cm³/mol. The van der Waals surface area contributed by atoms with Gasteiger partial charge >= 0.3 is 0 Å². The summed E-state index contributed by atoms with van der Waals surface area (Å²) < 4.78 is 5.68. The largest absolute Gasteiger partial charge is 0.496 e. The summed E-state index contributed by atoms with van der Waals surface area (Å²) in [5.74, 6) is 2.92. The van der Waals surface area contributed by atoms with Gasteiger partial charge in [-0.15, -0.1) is 0 Å². The molecular formula is C25H32NO. The van der Waals surface area contributed by atoms with Crippen molar-refractivity contribution in [3.63, 3.8) is 0 Å². The highest BCUT2D eigenvalue weighted by atomic mass is 16.5. The summed E-state index contributed by atoms with van der Waals surface area (Å²) in [6.45, 7) is 7.86. The van der Waals surface area contributed by atoms with E-state index in [1.165, 1.54) is 35.1 Å². The van der Waals surface area contributed by atoms with E-state index in [1.54, 1.807) is 7.11 Å². The maximum absolute atomic E-state index is 5.68. The van der Waals surface area contributed by atoms with Gasteiger partial charge in [-0.1, -0.05) is 50.2 Å². The van der Waals surface area contributed by atoms with Gasteiger partial charge < -0.3 is 4.74 Å². The van der Waals surface area contributed by atoms with Gasteiger partial charge in [0, 0.05) is 19.0 Å². The predicted octanol–water partition coefficient (Wildman–Crippen LogP) is 5.89. The molecule has 2 aromatic rings. The van der Waals surface area contributed by atoms with Gasteiger partial charge in [0.15, 0.2) is 0 Å². The van der Waals surface area contributed by atoms with E-state index in [-0.39, 0.29) is 0 Å². The summed E-state index contributed by atoms with van der Waals surface area (Å²) in [5.41, 5.74) is 5.78. The Hall–Kier alpha value is -1.80. The average Bonchev–Trinajstić information content (AvgIpc) is 3.53. The number of rotatable bonds is 6. The highest BCUT2D eigenvalue weighted by Crippen LogP contribution is 2.44. The second-order valence-electron chi connectivity index (χ2n) is 8.50. The Kier molecular flexibility index (Phi) is 5.54. The molecule has 0 N–H and O–H groups in total. The van der Waals surface area contributed by atoms with Crippen molar-refractivity contribution in [1.29, 1.82) is 0 Å². The van der Waals surface area contributed by atoms with Crippen LogP contribution in [-0.2, 0) is 6.54 Å². The number of likely N-dealkylation sites (tertiary alicyclic amines) is 1. The molecule has 1 aliphatic carbocycles. The quantitative estimate of drug-likeness (QED) is 0.635. The SMILES string of the molecule is COc1cc(CN2CC[CH]C(c3ccccc3C(C)C)C2)ccc1C1CC1. The first-order chi connectivity index (χ1) is 13.2. The van der Waals surface area contributed by atoms with Crippen LogP contribution in [0.4, 0.5) is 0 Å². The molecule has 0 spiro atoms. The van der Waals surface area contributed by atoms with Crippen molar-refractivity contribution in [2.45, 2.75) is 57.4 Å². The third-order valence-corrected chi connectivity index (χ3v) is 6.09. The molecule has 1 radical (unpaired) electrons. The molecule has 143 valence electrons. The molecule has 0 amide bonds. The van der Waals surface area contributed by atoms with Crippen LogP contribution in [0.1, 0.15) is 73.1 Å². The van der Waals surface area contributed by atoms with Gasteiger partial charge in [0.2, 0.25) is 0 Å². The highest BCUT2D eigenvalue weighted by molar-refractivity contribution is 5.42. The second-order valence-corrected chi connectivity index (χ2v) is 8.50. The Morgan fingerprint density at radius 2 is 1.89 bits per heavy atom. The van der Waals surface area contributed by atoms with Gasteiger partial charge in [0.05, 0.1) is 7.11 Å². The Bertz CT molecular complexity index is 778. The third kappa shape index (κ3) is 4.21. The van der Waals surface area contributed by atoms with E-state index in [0.717, 1.165) is 37.7 Å². The van der Waals surface area contributed by atoms with Crippen LogP contribution in [-0.4, -0.2) is 25.1 Å². The van der Waals surface area contributed by atoms with Gasteiger partial charge in [-0.3, -0.25) is 4.90 Å². The van der Waals surface area contributed by atoms with Gasteiger partial charge in [-0.25, -0.2) is 0 Å². The van der Waals surface area contributed by atoms with E-state index in [2.05, 4.69) is 67.6 Å². The molecule has 1 aliphatic heterocycles. The lowest BCUT2D eigenvalue weighted by atomic mass is 9.84. The van der Waals surface area contributed by atoms with Crippen LogP contribution in [0.3, 0.4) is 0 Å². The van der Waals surface area contributed by atoms with Crippen molar-refractivity contribution in [3.05, 3.63) is 71.1 Å². The van der Waals surface area contributed by atoms with Crippen LogP contribution in [0.25, 0.3) is 0 Å². The summed E-state index contributed by atoms with van der Waals surface area (Å²) in [4.78, 5) is 2.60. The van der Waals surface area contributed by atoms with E-state index in [9.17, 15) is 0 Å².